The molecule has 29 heavy (non-hydrogen) atoms. The zero-order valence-corrected chi connectivity index (χ0v) is 17.2. The third-order valence-electron chi connectivity index (χ3n) is 5.34. The lowest BCUT2D eigenvalue weighted by molar-refractivity contribution is -0.125. The molecule has 1 fully saturated rings. The number of ether oxygens (including phenoxy) is 1. The van der Waals surface area contributed by atoms with E-state index in [1.807, 2.05) is 30.3 Å². The molecule has 1 aliphatic rings. The molecule has 1 saturated heterocycles. The molecule has 0 radical (unpaired) electrons. The van der Waals surface area contributed by atoms with Crippen molar-refractivity contribution in [2.45, 2.75) is 19.3 Å². The molecule has 5 nitrogen and oxygen atoms in total. The molecule has 0 bridgehead atoms. The first-order valence-electron chi connectivity index (χ1n) is 9.84. The number of nitrogens with zero attached hydrogens (tertiary/aromatic N) is 2. The molecule has 1 amide bonds. The Morgan fingerprint density at radius 3 is 2.83 bits per heavy atom. The van der Waals surface area contributed by atoms with E-state index < -0.39 is 0 Å². The summed E-state index contributed by atoms with van der Waals surface area (Å²) in [6.45, 7) is 2.13. The highest BCUT2D eigenvalue weighted by Crippen LogP contribution is 2.32. The summed E-state index contributed by atoms with van der Waals surface area (Å²) in [7, 11) is 1.65. The zero-order chi connectivity index (χ0) is 20.2. The van der Waals surface area contributed by atoms with Gasteiger partial charge >= 0.3 is 0 Å². The lowest BCUT2D eigenvalue weighted by atomic mass is 9.96. The number of fused-ring (bicyclic) bond motifs is 1. The van der Waals surface area contributed by atoms with Crippen LogP contribution in [-0.4, -0.2) is 37.6 Å². The highest BCUT2D eigenvalue weighted by atomic mass is 32.1. The second-order valence-electron chi connectivity index (χ2n) is 7.24. The summed E-state index contributed by atoms with van der Waals surface area (Å²) < 4.78 is 20.0. The van der Waals surface area contributed by atoms with Gasteiger partial charge in [-0.25, -0.2) is 9.37 Å². The van der Waals surface area contributed by atoms with Crippen molar-refractivity contribution in [3.63, 3.8) is 0 Å². The van der Waals surface area contributed by atoms with Crippen molar-refractivity contribution >= 4 is 32.6 Å². The van der Waals surface area contributed by atoms with E-state index in [1.54, 1.807) is 13.2 Å². The Kier molecular flexibility index (Phi) is 5.94. The lowest BCUT2D eigenvalue weighted by Gasteiger charge is -2.31. The number of aromatic nitrogens is 1. The van der Waals surface area contributed by atoms with Crippen LogP contribution in [0, 0.1) is 11.7 Å². The lowest BCUT2D eigenvalue weighted by Crippen LogP contribution is -2.41. The Balaban J connectivity index is 1.27. The van der Waals surface area contributed by atoms with Gasteiger partial charge in [0.05, 0.1) is 11.8 Å². The van der Waals surface area contributed by atoms with Gasteiger partial charge in [-0.1, -0.05) is 29.5 Å². The van der Waals surface area contributed by atoms with Crippen molar-refractivity contribution in [3.8, 4) is 5.75 Å². The average Bonchev–Trinajstić information content (AvgIpc) is 3.20. The molecule has 4 rings (SSSR count). The SMILES string of the molecule is COc1cccc(CCNC(=O)C2CCN(c3nc4c(F)cccc4s3)CC2)c1. The number of para-hydroxylation sites is 1. The molecule has 0 saturated carbocycles. The van der Waals surface area contributed by atoms with Crippen LogP contribution >= 0.6 is 11.3 Å². The largest absolute Gasteiger partial charge is 0.497 e. The molecule has 152 valence electrons. The average molecular weight is 414 g/mol. The summed E-state index contributed by atoms with van der Waals surface area (Å²) in [5.74, 6) is 0.678. The second kappa shape index (κ2) is 8.78. The van der Waals surface area contributed by atoms with Gasteiger partial charge in [0.1, 0.15) is 17.1 Å². The monoisotopic (exact) mass is 413 g/mol. The number of anilines is 1. The van der Waals surface area contributed by atoms with Crippen LogP contribution in [0.15, 0.2) is 42.5 Å². The molecule has 1 aromatic heterocycles. The fourth-order valence-corrected chi connectivity index (χ4v) is 4.71. The van der Waals surface area contributed by atoms with E-state index in [-0.39, 0.29) is 17.6 Å². The number of halogens is 1. The van der Waals surface area contributed by atoms with Crippen molar-refractivity contribution in [2.24, 2.45) is 5.92 Å². The molecule has 7 heteroatoms. The number of methoxy groups -OCH3 is 1. The minimum absolute atomic E-state index is 0.0164. The summed E-state index contributed by atoms with van der Waals surface area (Å²) in [4.78, 5) is 19.1. The molecule has 1 N–H and O–H groups in total. The summed E-state index contributed by atoms with van der Waals surface area (Å²) in [5.41, 5.74) is 1.58. The number of hydrogen-bond donors (Lipinski definition) is 1. The number of carbonyl (C=O) groups excluding carboxylic acids is 1. The maximum absolute atomic E-state index is 13.9. The fraction of sp³-hybridized carbons (Fsp3) is 0.364. The van der Waals surface area contributed by atoms with E-state index in [9.17, 15) is 9.18 Å². The first-order valence-corrected chi connectivity index (χ1v) is 10.7. The summed E-state index contributed by atoms with van der Waals surface area (Å²) in [6, 6.07) is 12.9. The fourth-order valence-electron chi connectivity index (χ4n) is 3.67. The Labute approximate surface area is 173 Å². The Morgan fingerprint density at radius 2 is 2.07 bits per heavy atom. The quantitative estimate of drug-likeness (QED) is 0.663. The Bertz CT molecular complexity index is 999. The normalized spacial score (nSPS) is 14.9. The molecule has 0 spiro atoms. The van der Waals surface area contributed by atoms with Crippen molar-refractivity contribution in [1.29, 1.82) is 0 Å². The first kappa shape index (κ1) is 19.6. The van der Waals surface area contributed by atoms with Crippen molar-refractivity contribution in [3.05, 3.63) is 53.8 Å². The van der Waals surface area contributed by atoms with Crippen LogP contribution in [0.5, 0.6) is 5.75 Å². The molecule has 0 atom stereocenters. The molecule has 1 aliphatic heterocycles. The molecular formula is C22H24FN3O2S. The van der Waals surface area contributed by atoms with Crippen molar-refractivity contribution in [2.75, 3.05) is 31.6 Å². The van der Waals surface area contributed by atoms with Crippen molar-refractivity contribution < 1.29 is 13.9 Å². The molecule has 2 aromatic carbocycles. The number of amides is 1. The van der Waals surface area contributed by atoms with E-state index in [4.69, 9.17) is 4.74 Å². The van der Waals surface area contributed by atoms with E-state index in [0.717, 1.165) is 53.5 Å². The summed E-state index contributed by atoms with van der Waals surface area (Å²) in [5, 5.41) is 3.90. The van der Waals surface area contributed by atoms with Gasteiger partial charge in [0.25, 0.3) is 0 Å². The number of carbonyl (C=O) groups is 1. The number of benzene rings is 2. The third-order valence-corrected chi connectivity index (χ3v) is 6.42. The third kappa shape index (κ3) is 4.50. The standard InChI is InChI=1S/C22H24FN3O2S/c1-28-17-5-2-4-15(14-17)8-11-24-21(27)16-9-12-26(13-10-16)22-25-20-18(23)6-3-7-19(20)29-22/h2-7,14,16H,8-13H2,1H3,(H,24,27). The van der Waals surface area contributed by atoms with Gasteiger partial charge in [-0.2, -0.15) is 0 Å². The smallest absolute Gasteiger partial charge is 0.223 e. The number of rotatable bonds is 6. The highest BCUT2D eigenvalue weighted by molar-refractivity contribution is 7.22. The Morgan fingerprint density at radius 1 is 1.28 bits per heavy atom. The molecule has 0 aliphatic carbocycles. The van der Waals surface area contributed by atoms with E-state index >= 15 is 0 Å². The van der Waals surface area contributed by atoms with Gasteiger partial charge in [0.2, 0.25) is 5.91 Å². The van der Waals surface area contributed by atoms with Crippen LogP contribution in [0.1, 0.15) is 18.4 Å². The van der Waals surface area contributed by atoms with E-state index in [2.05, 4.69) is 15.2 Å². The van der Waals surface area contributed by atoms with Crippen LogP contribution < -0.4 is 15.0 Å². The number of thiazole rings is 1. The van der Waals surface area contributed by atoms with Crippen LogP contribution in [0.4, 0.5) is 9.52 Å². The maximum atomic E-state index is 13.9. The van der Waals surface area contributed by atoms with E-state index in [0.29, 0.717) is 12.1 Å². The van der Waals surface area contributed by atoms with Gasteiger partial charge in [-0.15, -0.1) is 0 Å². The van der Waals surface area contributed by atoms with Gasteiger partial charge in [-0.3, -0.25) is 4.79 Å². The van der Waals surface area contributed by atoms with Crippen LogP contribution in [-0.2, 0) is 11.2 Å². The number of piperidine rings is 1. The molecule has 0 unspecified atom stereocenters. The topological polar surface area (TPSA) is 54.5 Å². The molecule has 3 aromatic rings. The van der Waals surface area contributed by atoms with Gasteiger partial charge in [0, 0.05) is 25.6 Å². The number of nitrogens with one attached hydrogen (secondary N) is 1. The number of hydrogen-bond acceptors (Lipinski definition) is 5. The summed E-state index contributed by atoms with van der Waals surface area (Å²) >= 11 is 1.51. The Hall–Kier alpha value is -2.67. The van der Waals surface area contributed by atoms with Crippen LogP contribution in [0.3, 0.4) is 0 Å². The molecular weight excluding hydrogens is 389 g/mol. The minimum Gasteiger partial charge on any atom is -0.497 e. The minimum atomic E-state index is -0.282. The highest BCUT2D eigenvalue weighted by Gasteiger charge is 2.26. The van der Waals surface area contributed by atoms with Crippen LogP contribution in [0.25, 0.3) is 10.2 Å². The van der Waals surface area contributed by atoms with Gasteiger partial charge < -0.3 is 15.0 Å². The second-order valence-corrected chi connectivity index (χ2v) is 8.25. The zero-order valence-electron chi connectivity index (χ0n) is 16.4. The van der Waals surface area contributed by atoms with Crippen LogP contribution in [0.2, 0.25) is 0 Å². The van der Waals surface area contributed by atoms with Crippen molar-refractivity contribution in [1.82, 2.24) is 10.3 Å². The molecule has 2 heterocycles. The van der Waals surface area contributed by atoms with Gasteiger partial charge in [-0.05, 0) is 49.1 Å². The van der Waals surface area contributed by atoms with Gasteiger partial charge in [0.15, 0.2) is 5.13 Å². The maximum Gasteiger partial charge on any atom is 0.223 e. The summed E-state index contributed by atoms with van der Waals surface area (Å²) in [6.07, 6.45) is 2.34. The van der Waals surface area contributed by atoms with E-state index in [1.165, 1.54) is 17.4 Å². The predicted octanol–water partition coefficient (Wildman–Crippen LogP) is 4.02. The predicted molar refractivity (Wildman–Crippen MR) is 114 cm³/mol. The first-order chi connectivity index (χ1) is 14.1.